The molecule has 0 saturated carbocycles. The van der Waals surface area contributed by atoms with E-state index in [-0.39, 0.29) is 29.4 Å². The lowest BCUT2D eigenvalue weighted by Gasteiger charge is -2.26. The largest absolute Gasteiger partial charge is 0.506 e. The molecule has 0 aromatic heterocycles. The first kappa shape index (κ1) is 24.0. The fraction of sp³-hybridized carbons (Fsp3) is 0.435. The van der Waals surface area contributed by atoms with Crippen molar-refractivity contribution in [3.05, 3.63) is 48.0 Å². The number of carbonyl (C=O) groups is 1. The number of carbonyl (C=O) groups excluding carboxylic acids is 1. The van der Waals surface area contributed by atoms with Crippen molar-refractivity contribution in [1.82, 2.24) is 4.31 Å². The SMILES string of the molecule is CCCCCCOc1ccc(C(=O)Nc2cc(S(=O)(=O)N3CCOCC3)ccc2O)cc1. The first-order valence-corrected chi connectivity index (χ1v) is 12.3. The molecule has 9 heteroatoms. The summed E-state index contributed by atoms with van der Waals surface area (Å²) < 4.78 is 37.9. The molecule has 1 fully saturated rings. The predicted molar refractivity (Wildman–Crippen MR) is 122 cm³/mol. The molecule has 8 nitrogen and oxygen atoms in total. The summed E-state index contributed by atoms with van der Waals surface area (Å²) in [5, 5.41) is 12.7. The van der Waals surface area contributed by atoms with Crippen LogP contribution in [-0.2, 0) is 14.8 Å². The van der Waals surface area contributed by atoms with Crippen molar-refractivity contribution < 1.29 is 27.8 Å². The second kappa shape index (κ2) is 11.3. The molecule has 0 atom stereocenters. The van der Waals surface area contributed by atoms with Gasteiger partial charge < -0.3 is 19.9 Å². The number of ether oxygens (including phenoxy) is 2. The van der Waals surface area contributed by atoms with Crippen LogP contribution in [-0.4, -0.2) is 56.6 Å². The van der Waals surface area contributed by atoms with Crippen LogP contribution in [0.1, 0.15) is 43.0 Å². The van der Waals surface area contributed by atoms with Crippen molar-refractivity contribution in [2.75, 3.05) is 38.2 Å². The van der Waals surface area contributed by atoms with Gasteiger partial charge in [-0.05, 0) is 48.9 Å². The fourth-order valence-corrected chi connectivity index (χ4v) is 4.76. The Morgan fingerprint density at radius 1 is 1.09 bits per heavy atom. The number of nitrogens with zero attached hydrogens (tertiary/aromatic N) is 1. The number of rotatable bonds is 10. The van der Waals surface area contributed by atoms with Crippen LogP contribution in [0.15, 0.2) is 47.4 Å². The number of aromatic hydroxyl groups is 1. The third-order valence-electron chi connectivity index (χ3n) is 5.21. The van der Waals surface area contributed by atoms with Crippen molar-refractivity contribution in [3.8, 4) is 11.5 Å². The van der Waals surface area contributed by atoms with E-state index in [0.717, 1.165) is 12.8 Å². The monoisotopic (exact) mass is 462 g/mol. The van der Waals surface area contributed by atoms with Gasteiger partial charge in [0.2, 0.25) is 10.0 Å². The Morgan fingerprint density at radius 3 is 2.50 bits per heavy atom. The second-order valence-electron chi connectivity index (χ2n) is 7.58. The molecule has 2 N–H and O–H groups in total. The number of unbranched alkanes of at least 4 members (excludes halogenated alkanes) is 3. The summed E-state index contributed by atoms with van der Waals surface area (Å²) in [5.41, 5.74) is 0.393. The molecule has 0 unspecified atom stereocenters. The van der Waals surface area contributed by atoms with E-state index < -0.39 is 15.9 Å². The van der Waals surface area contributed by atoms with Crippen molar-refractivity contribution in [2.45, 2.75) is 37.5 Å². The maximum Gasteiger partial charge on any atom is 0.255 e. The molecule has 1 aliphatic rings. The maximum absolute atomic E-state index is 12.9. The average molecular weight is 463 g/mol. The Balaban J connectivity index is 1.65. The van der Waals surface area contributed by atoms with E-state index in [1.807, 2.05) is 0 Å². The Labute approximate surface area is 189 Å². The van der Waals surface area contributed by atoms with Gasteiger partial charge in [0.1, 0.15) is 11.5 Å². The van der Waals surface area contributed by atoms with Gasteiger partial charge in [-0.25, -0.2) is 8.42 Å². The smallest absolute Gasteiger partial charge is 0.255 e. The molecule has 1 heterocycles. The van der Waals surface area contributed by atoms with Gasteiger partial charge in [-0.2, -0.15) is 4.31 Å². The molecular weight excluding hydrogens is 432 g/mol. The molecule has 32 heavy (non-hydrogen) atoms. The molecular formula is C23H30N2O6S. The summed E-state index contributed by atoms with van der Waals surface area (Å²) in [6, 6.07) is 10.5. The third-order valence-corrected chi connectivity index (χ3v) is 7.10. The van der Waals surface area contributed by atoms with Crippen molar-refractivity contribution in [1.29, 1.82) is 0 Å². The van der Waals surface area contributed by atoms with E-state index in [1.54, 1.807) is 24.3 Å². The van der Waals surface area contributed by atoms with Crippen LogP contribution in [0.2, 0.25) is 0 Å². The minimum Gasteiger partial charge on any atom is -0.506 e. The molecule has 1 saturated heterocycles. The van der Waals surface area contributed by atoms with Gasteiger partial charge >= 0.3 is 0 Å². The molecule has 3 rings (SSSR count). The van der Waals surface area contributed by atoms with E-state index in [9.17, 15) is 18.3 Å². The standard InChI is InChI=1S/C23H30N2O6S/c1-2-3-4-5-14-31-19-8-6-18(7-9-19)23(27)24-21-17-20(10-11-22(21)26)32(28,29)25-12-15-30-16-13-25/h6-11,17,26H,2-5,12-16H2,1H3,(H,24,27). The van der Waals surface area contributed by atoms with Crippen molar-refractivity contribution >= 4 is 21.6 Å². The number of phenols is 1. The van der Waals surface area contributed by atoms with Crippen LogP contribution in [0.5, 0.6) is 11.5 Å². The van der Waals surface area contributed by atoms with E-state index in [1.165, 1.54) is 35.3 Å². The number of hydrogen-bond donors (Lipinski definition) is 2. The highest BCUT2D eigenvalue weighted by Crippen LogP contribution is 2.29. The Hall–Kier alpha value is -2.62. The van der Waals surface area contributed by atoms with Gasteiger partial charge in [-0.1, -0.05) is 26.2 Å². The summed E-state index contributed by atoms with van der Waals surface area (Å²) in [5.74, 6) is 0.00141. The third kappa shape index (κ3) is 6.21. The van der Waals surface area contributed by atoms with Gasteiger partial charge in [-0.3, -0.25) is 4.79 Å². The minimum absolute atomic E-state index is 0.000629. The van der Waals surface area contributed by atoms with Gasteiger partial charge in [0.05, 0.1) is 30.4 Å². The number of nitrogens with one attached hydrogen (secondary N) is 1. The minimum atomic E-state index is -3.75. The van der Waals surface area contributed by atoms with E-state index in [0.29, 0.717) is 31.1 Å². The van der Waals surface area contributed by atoms with Crippen LogP contribution in [0, 0.1) is 0 Å². The number of sulfonamides is 1. The first-order valence-electron chi connectivity index (χ1n) is 10.9. The zero-order valence-corrected chi connectivity index (χ0v) is 19.1. The lowest BCUT2D eigenvalue weighted by atomic mass is 10.2. The molecule has 0 bridgehead atoms. The Bertz CT molecular complexity index is 1000. The summed E-state index contributed by atoms with van der Waals surface area (Å²) >= 11 is 0. The summed E-state index contributed by atoms with van der Waals surface area (Å²) in [6.45, 7) is 3.97. The molecule has 1 aliphatic heterocycles. The number of benzene rings is 2. The molecule has 2 aromatic carbocycles. The second-order valence-corrected chi connectivity index (χ2v) is 9.52. The van der Waals surface area contributed by atoms with Crippen LogP contribution in [0.3, 0.4) is 0 Å². The van der Waals surface area contributed by atoms with Crippen molar-refractivity contribution in [2.24, 2.45) is 0 Å². The summed E-state index contributed by atoms with van der Waals surface area (Å²) in [6.07, 6.45) is 4.46. The zero-order chi connectivity index (χ0) is 23.0. The zero-order valence-electron chi connectivity index (χ0n) is 18.2. The predicted octanol–water partition coefficient (Wildman–Crippen LogP) is 3.62. The lowest BCUT2D eigenvalue weighted by Crippen LogP contribution is -2.40. The van der Waals surface area contributed by atoms with Crippen LogP contribution in [0.4, 0.5) is 5.69 Å². The van der Waals surface area contributed by atoms with E-state index in [4.69, 9.17) is 9.47 Å². The molecule has 0 radical (unpaired) electrons. The van der Waals surface area contributed by atoms with Gasteiger partial charge in [0.15, 0.2) is 0 Å². The molecule has 0 spiro atoms. The van der Waals surface area contributed by atoms with Crippen LogP contribution < -0.4 is 10.1 Å². The van der Waals surface area contributed by atoms with Gasteiger partial charge in [0.25, 0.3) is 5.91 Å². The Kier molecular flexibility index (Phi) is 8.49. The van der Waals surface area contributed by atoms with Crippen LogP contribution >= 0.6 is 0 Å². The molecule has 2 aromatic rings. The van der Waals surface area contributed by atoms with Crippen molar-refractivity contribution in [3.63, 3.8) is 0 Å². The number of hydrogen-bond acceptors (Lipinski definition) is 6. The first-order chi connectivity index (χ1) is 15.4. The highest BCUT2D eigenvalue weighted by molar-refractivity contribution is 7.89. The van der Waals surface area contributed by atoms with E-state index in [2.05, 4.69) is 12.2 Å². The average Bonchev–Trinajstić information content (AvgIpc) is 2.81. The lowest BCUT2D eigenvalue weighted by molar-refractivity contribution is 0.0730. The van der Waals surface area contributed by atoms with Crippen LogP contribution in [0.25, 0.3) is 0 Å². The molecule has 1 amide bonds. The molecule has 0 aliphatic carbocycles. The topological polar surface area (TPSA) is 105 Å². The number of anilines is 1. The number of amides is 1. The Morgan fingerprint density at radius 2 is 1.81 bits per heavy atom. The maximum atomic E-state index is 12.9. The van der Waals surface area contributed by atoms with Gasteiger partial charge in [0, 0.05) is 18.7 Å². The summed E-state index contributed by atoms with van der Waals surface area (Å²) in [4.78, 5) is 12.6. The quantitative estimate of drug-likeness (QED) is 0.413. The number of morpholine rings is 1. The normalized spacial score (nSPS) is 14.8. The highest BCUT2D eigenvalue weighted by Gasteiger charge is 2.27. The fourth-order valence-electron chi connectivity index (χ4n) is 3.33. The van der Waals surface area contributed by atoms with E-state index >= 15 is 0 Å². The van der Waals surface area contributed by atoms with Gasteiger partial charge in [-0.15, -0.1) is 0 Å². The highest BCUT2D eigenvalue weighted by atomic mass is 32.2. The molecule has 174 valence electrons. The summed E-state index contributed by atoms with van der Waals surface area (Å²) in [7, 11) is -3.75. The number of phenolic OH excluding ortho intramolecular Hbond substituents is 1.